The van der Waals surface area contributed by atoms with Crippen LogP contribution in [-0.4, -0.2) is 51.1 Å². The van der Waals surface area contributed by atoms with Crippen LogP contribution in [0.2, 0.25) is 0 Å². The molecule has 0 aliphatic rings. The van der Waals surface area contributed by atoms with Crippen LogP contribution in [0.3, 0.4) is 0 Å². The van der Waals surface area contributed by atoms with Crippen LogP contribution in [0.15, 0.2) is 35.7 Å². The topological polar surface area (TPSA) is 118 Å². The summed E-state index contributed by atoms with van der Waals surface area (Å²) in [5, 5.41) is 4.74. The zero-order chi connectivity index (χ0) is 30.9. The number of carbonyl (C=O) groups is 1. The zero-order valence-corrected chi connectivity index (χ0v) is 21.5. The van der Waals surface area contributed by atoms with Gasteiger partial charge in [0.25, 0.3) is 12.0 Å². The van der Waals surface area contributed by atoms with E-state index in [9.17, 15) is 44.7 Å². The number of rotatable bonds is 9. The minimum Gasteiger partial charge on any atom is -0.397 e. The highest BCUT2D eigenvalue weighted by atomic mass is 19.4. The van der Waals surface area contributed by atoms with Gasteiger partial charge in [0.2, 0.25) is 0 Å². The highest BCUT2D eigenvalue weighted by Crippen LogP contribution is 2.30. The molecule has 0 spiro atoms. The van der Waals surface area contributed by atoms with Crippen LogP contribution in [0.25, 0.3) is 17.5 Å². The normalized spacial score (nSPS) is 12.3. The summed E-state index contributed by atoms with van der Waals surface area (Å²) < 4.78 is 104. The van der Waals surface area contributed by atoms with Gasteiger partial charge in [0, 0.05) is 26.0 Å². The van der Waals surface area contributed by atoms with Crippen molar-refractivity contribution in [2.24, 2.45) is 0 Å². The van der Waals surface area contributed by atoms with Gasteiger partial charge in [-0.3, -0.25) is 9.59 Å². The average Bonchev–Trinajstić information content (AvgIpc) is 2.89. The van der Waals surface area contributed by atoms with Gasteiger partial charge < -0.3 is 10.6 Å². The van der Waals surface area contributed by atoms with Crippen molar-refractivity contribution >= 4 is 18.0 Å². The molecule has 16 heteroatoms. The zero-order valence-electron chi connectivity index (χ0n) is 21.5. The van der Waals surface area contributed by atoms with E-state index in [4.69, 9.17) is 5.73 Å². The molecule has 3 aromatic rings. The van der Waals surface area contributed by atoms with Gasteiger partial charge in [-0.15, -0.1) is 0 Å². The first kappa shape index (κ1) is 32.8. The van der Waals surface area contributed by atoms with Gasteiger partial charge in [-0.05, 0) is 30.3 Å². The summed E-state index contributed by atoms with van der Waals surface area (Å²) in [6, 6.07) is 1.14. The quantitative estimate of drug-likeness (QED) is 0.246. The number of aromatic amines is 1. The molecule has 1 unspecified atom stereocenters. The number of nitrogens with one attached hydrogen (secondary N) is 1. The fraction of sp³-hybridized carbons (Fsp3) is 0.320. The van der Waals surface area contributed by atoms with E-state index in [2.05, 4.69) is 15.1 Å². The largest absolute Gasteiger partial charge is 0.423 e. The molecule has 41 heavy (non-hydrogen) atoms. The number of carbonyl (C=O) groups excluding carboxylic acids is 1. The lowest BCUT2D eigenvalue weighted by molar-refractivity contribution is -0.138. The van der Waals surface area contributed by atoms with Crippen LogP contribution in [0.5, 0.6) is 0 Å². The first-order valence-corrected chi connectivity index (χ1v) is 11.7. The molecule has 8 nitrogen and oxygen atoms in total. The minimum absolute atomic E-state index is 0.0215. The van der Waals surface area contributed by atoms with Crippen molar-refractivity contribution in [3.63, 3.8) is 0 Å². The Balaban J connectivity index is 0.000000408. The Morgan fingerprint density at radius 1 is 1.10 bits per heavy atom. The standard InChI is InChI=1S/C20H20F5N3O.C5H4F3N3O/c1-3-4-14(21)10-28(2)6-5-12-7-15(17(22)18(23)16(12)11-29)20-26-8-13(9-27-20)19(24)25;6-5(7,8)3-2(9)1-10-11-4(3)12/h5-9,11,14,19H,3-4,10H2,1-2H3;1H,(H3,9,11,12)/b6-5-;. The number of nitrogen functional groups attached to an aromatic ring is 1. The summed E-state index contributed by atoms with van der Waals surface area (Å²) in [6.07, 6.45) is -2.21. The maximum absolute atomic E-state index is 14.4. The number of hydrogen-bond acceptors (Lipinski definition) is 7. The Bertz CT molecular complexity index is 1410. The molecular formula is C25H24F8N6O2. The Kier molecular flexibility index (Phi) is 11.5. The number of anilines is 1. The van der Waals surface area contributed by atoms with E-state index in [0.29, 0.717) is 12.8 Å². The molecule has 3 N–H and O–H groups in total. The van der Waals surface area contributed by atoms with Crippen LogP contribution in [0.4, 0.5) is 40.8 Å². The molecule has 2 aromatic heterocycles. The molecule has 0 saturated carbocycles. The second kappa shape index (κ2) is 14.3. The minimum atomic E-state index is -4.74. The first-order chi connectivity index (χ1) is 19.2. The number of hydrogen-bond donors (Lipinski definition) is 2. The Morgan fingerprint density at radius 2 is 1.73 bits per heavy atom. The number of benzene rings is 1. The molecule has 0 amide bonds. The lowest BCUT2D eigenvalue weighted by Crippen LogP contribution is -2.24. The fourth-order valence-corrected chi connectivity index (χ4v) is 3.36. The van der Waals surface area contributed by atoms with E-state index in [0.717, 1.165) is 24.7 Å². The Morgan fingerprint density at radius 3 is 2.22 bits per heavy atom. The predicted molar refractivity (Wildman–Crippen MR) is 133 cm³/mol. The van der Waals surface area contributed by atoms with E-state index >= 15 is 0 Å². The summed E-state index contributed by atoms with van der Waals surface area (Å²) in [5.41, 5.74) is 0.145. The van der Waals surface area contributed by atoms with Gasteiger partial charge in [-0.25, -0.2) is 37.0 Å². The number of aldehydes is 1. The molecule has 222 valence electrons. The van der Waals surface area contributed by atoms with Crippen molar-refractivity contribution in [3.05, 3.63) is 75.1 Å². The Hall–Kier alpha value is -4.37. The first-order valence-electron chi connectivity index (χ1n) is 11.7. The molecule has 1 atom stereocenters. The molecule has 3 rings (SSSR count). The average molecular weight is 592 g/mol. The van der Waals surface area contributed by atoms with Gasteiger partial charge >= 0.3 is 6.18 Å². The van der Waals surface area contributed by atoms with E-state index in [1.54, 1.807) is 12.1 Å². The summed E-state index contributed by atoms with van der Waals surface area (Å²) in [4.78, 5) is 30.6. The molecule has 2 heterocycles. The van der Waals surface area contributed by atoms with Gasteiger partial charge in [-0.1, -0.05) is 13.3 Å². The second-order valence-corrected chi connectivity index (χ2v) is 8.48. The van der Waals surface area contributed by atoms with Crippen molar-refractivity contribution in [1.82, 2.24) is 25.1 Å². The lowest BCUT2D eigenvalue weighted by Gasteiger charge is -2.17. The third-order valence-electron chi connectivity index (χ3n) is 5.32. The van der Waals surface area contributed by atoms with Crippen molar-refractivity contribution in [2.75, 3.05) is 19.3 Å². The van der Waals surface area contributed by atoms with Crippen LogP contribution in [0, 0.1) is 11.6 Å². The molecule has 0 bridgehead atoms. The van der Waals surface area contributed by atoms with Gasteiger partial charge in [0.05, 0.1) is 28.6 Å². The maximum Gasteiger partial charge on any atom is 0.423 e. The van der Waals surface area contributed by atoms with E-state index < -0.39 is 58.3 Å². The van der Waals surface area contributed by atoms with Crippen molar-refractivity contribution in [2.45, 2.75) is 38.5 Å². The number of aromatic nitrogens is 4. The van der Waals surface area contributed by atoms with Crippen LogP contribution >= 0.6 is 0 Å². The van der Waals surface area contributed by atoms with Gasteiger partial charge in [0.1, 0.15) is 11.7 Å². The number of nitrogens with zero attached hydrogens (tertiary/aromatic N) is 4. The highest BCUT2D eigenvalue weighted by Gasteiger charge is 2.36. The fourth-order valence-electron chi connectivity index (χ4n) is 3.36. The number of H-pyrrole nitrogens is 1. The van der Waals surface area contributed by atoms with Crippen LogP contribution < -0.4 is 11.3 Å². The Labute approximate surface area is 227 Å². The maximum atomic E-state index is 14.4. The summed E-state index contributed by atoms with van der Waals surface area (Å²) in [5.74, 6) is -3.08. The van der Waals surface area contributed by atoms with E-state index in [1.165, 1.54) is 17.2 Å². The molecule has 0 radical (unpaired) electrons. The summed E-state index contributed by atoms with van der Waals surface area (Å²) in [6.45, 7) is 1.95. The van der Waals surface area contributed by atoms with Crippen LogP contribution in [-0.2, 0) is 6.18 Å². The number of nitrogens with two attached hydrogens (primary N) is 1. The third-order valence-corrected chi connectivity index (χ3v) is 5.32. The SMILES string of the molecule is CCCC(F)CN(C)/C=C\c1cc(-c2ncc(C(F)F)cn2)c(F)c(F)c1C=O.Nc1cn[nH]c(=O)c1C(F)(F)F. The molecule has 0 aliphatic carbocycles. The molecule has 0 aliphatic heterocycles. The second-order valence-electron chi connectivity index (χ2n) is 8.48. The summed E-state index contributed by atoms with van der Waals surface area (Å²) >= 11 is 0. The highest BCUT2D eigenvalue weighted by molar-refractivity contribution is 5.84. The van der Waals surface area contributed by atoms with Gasteiger partial charge in [-0.2, -0.15) is 18.3 Å². The monoisotopic (exact) mass is 592 g/mol. The van der Waals surface area contributed by atoms with Crippen LogP contribution in [0.1, 0.15) is 53.2 Å². The third kappa shape index (κ3) is 8.81. The number of halogens is 8. The van der Waals surface area contributed by atoms with E-state index in [-0.39, 0.29) is 29.8 Å². The lowest BCUT2D eigenvalue weighted by atomic mass is 10.0. The van der Waals surface area contributed by atoms with Crippen molar-refractivity contribution < 1.29 is 39.9 Å². The summed E-state index contributed by atoms with van der Waals surface area (Å²) in [7, 11) is 1.60. The van der Waals surface area contributed by atoms with Crippen molar-refractivity contribution in [1.29, 1.82) is 0 Å². The predicted octanol–water partition coefficient (Wildman–Crippen LogP) is 5.58. The number of alkyl halides is 6. The molecule has 1 aromatic carbocycles. The van der Waals surface area contributed by atoms with Gasteiger partial charge in [0.15, 0.2) is 23.7 Å². The molecule has 0 saturated heterocycles. The smallest absolute Gasteiger partial charge is 0.397 e. The van der Waals surface area contributed by atoms with E-state index in [1.807, 2.05) is 6.92 Å². The molecule has 0 fully saturated rings. The molecular weight excluding hydrogens is 568 g/mol. The van der Waals surface area contributed by atoms with Crippen molar-refractivity contribution in [3.8, 4) is 11.4 Å².